The van der Waals surface area contributed by atoms with E-state index < -0.39 is 5.41 Å². The summed E-state index contributed by atoms with van der Waals surface area (Å²) in [6, 6.07) is 57.0. The highest BCUT2D eigenvalue weighted by Gasteiger charge is 2.46. The van der Waals surface area contributed by atoms with Crippen LogP contribution in [0.3, 0.4) is 0 Å². The third-order valence-electron chi connectivity index (χ3n) is 8.33. The minimum atomic E-state index is -0.443. The van der Waals surface area contributed by atoms with E-state index in [-0.39, 0.29) is 0 Å². The van der Waals surface area contributed by atoms with Gasteiger partial charge >= 0.3 is 0 Å². The molecule has 0 spiro atoms. The molecule has 0 N–H and O–H groups in total. The molecule has 7 rings (SSSR count). The van der Waals surface area contributed by atoms with Crippen LogP contribution in [-0.2, 0) is 5.41 Å². The van der Waals surface area contributed by atoms with Crippen molar-refractivity contribution in [2.45, 2.75) is 12.3 Å². The lowest BCUT2D eigenvalue weighted by molar-refractivity contribution is 0.768. The molecule has 0 aliphatic heterocycles. The van der Waals surface area contributed by atoms with Crippen molar-refractivity contribution in [3.8, 4) is 11.1 Å². The van der Waals surface area contributed by atoms with E-state index in [1.54, 1.807) is 0 Å². The number of fused-ring (bicyclic) bond motifs is 3. The van der Waals surface area contributed by atoms with Gasteiger partial charge in [0.1, 0.15) is 0 Å². The number of benzene rings is 6. The largest absolute Gasteiger partial charge is 0.311 e. The molecule has 0 unspecified atom stereocenters. The van der Waals surface area contributed by atoms with Gasteiger partial charge in [-0.1, -0.05) is 127 Å². The van der Waals surface area contributed by atoms with Crippen molar-refractivity contribution in [3.05, 3.63) is 192 Å². The highest BCUT2D eigenvalue weighted by molar-refractivity contribution is 5.87. The average molecular weight is 526 g/mol. The van der Waals surface area contributed by atoms with Gasteiger partial charge in [0.25, 0.3) is 0 Å². The normalized spacial score (nSPS) is 12.8. The number of anilines is 3. The van der Waals surface area contributed by atoms with Gasteiger partial charge in [-0.05, 0) is 88.3 Å². The summed E-state index contributed by atoms with van der Waals surface area (Å²) in [5, 5.41) is 0. The third-order valence-corrected chi connectivity index (χ3v) is 8.33. The fourth-order valence-electron chi connectivity index (χ4n) is 6.50. The van der Waals surface area contributed by atoms with Gasteiger partial charge in [-0.15, -0.1) is 0 Å². The lowest BCUT2D eigenvalue weighted by atomic mass is 9.67. The Labute approximate surface area is 242 Å². The van der Waals surface area contributed by atoms with Crippen LogP contribution in [0.2, 0.25) is 0 Å². The molecule has 1 nitrogen and oxygen atoms in total. The van der Waals surface area contributed by atoms with Crippen molar-refractivity contribution in [1.82, 2.24) is 0 Å². The first-order valence-electron chi connectivity index (χ1n) is 14.1. The Morgan fingerprint density at radius 3 is 1.51 bits per heavy atom. The second kappa shape index (κ2) is 10.1. The minimum absolute atomic E-state index is 0.443. The van der Waals surface area contributed by atoms with E-state index in [1.807, 2.05) is 0 Å². The van der Waals surface area contributed by atoms with Crippen LogP contribution < -0.4 is 4.90 Å². The second-order valence-corrected chi connectivity index (χ2v) is 10.8. The van der Waals surface area contributed by atoms with Gasteiger partial charge < -0.3 is 4.90 Å². The molecule has 0 saturated heterocycles. The molecule has 0 atom stereocenters. The first-order chi connectivity index (χ1) is 20.2. The van der Waals surface area contributed by atoms with Gasteiger partial charge in [-0.25, -0.2) is 0 Å². The topological polar surface area (TPSA) is 3.24 Å². The third kappa shape index (κ3) is 4.01. The molecule has 1 heteroatoms. The summed E-state index contributed by atoms with van der Waals surface area (Å²) in [5.74, 6) is 0. The molecule has 0 saturated carbocycles. The highest BCUT2D eigenvalue weighted by atomic mass is 15.1. The maximum atomic E-state index is 4.26. The van der Waals surface area contributed by atoms with Gasteiger partial charge in [0.05, 0.1) is 5.41 Å². The van der Waals surface area contributed by atoms with E-state index in [0.717, 1.165) is 22.6 Å². The number of hydrogen-bond donors (Lipinski definition) is 0. The Bertz CT molecular complexity index is 1760. The molecule has 0 amide bonds. The van der Waals surface area contributed by atoms with Gasteiger partial charge in [0.15, 0.2) is 0 Å². The fourth-order valence-corrected chi connectivity index (χ4v) is 6.50. The SMILES string of the molecule is C=C(C)c1cccc(C2(c3ccc(N(c4ccccc4)c4ccccc4)cc3)c3ccccc3-c3ccccc32)c1. The molecular formula is C40H31N. The molecule has 6 aromatic carbocycles. The van der Waals surface area contributed by atoms with E-state index in [0.29, 0.717) is 0 Å². The smallest absolute Gasteiger partial charge is 0.0713 e. The quantitative estimate of drug-likeness (QED) is 0.209. The molecular weight excluding hydrogens is 494 g/mol. The Morgan fingerprint density at radius 2 is 0.976 bits per heavy atom. The summed E-state index contributed by atoms with van der Waals surface area (Å²) in [6.07, 6.45) is 0. The number of allylic oxidation sites excluding steroid dienone is 1. The number of nitrogens with zero attached hydrogens (tertiary/aromatic N) is 1. The van der Waals surface area contributed by atoms with Crippen molar-refractivity contribution in [1.29, 1.82) is 0 Å². The molecule has 1 aliphatic carbocycles. The van der Waals surface area contributed by atoms with Gasteiger partial charge in [0.2, 0.25) is 0 Å². The number of para-hydroxylation sites is 2. The van der Waals surface area contributed by atoms with Crippen LogP contribution in [-0.4, -0.2) is 0 Å². The number of hydrogen-bond acceptors (Lipinski definition) is 1. The zero-order valence-corrected chi connectivity index (χ0v) is 23.2. The lowest BCUT2D eigenvalue weighted by Crippen LogP contribution is -2.28. The first-order valence-corrected chi connectivity index (χ1v) is 14.1. The van der Waals surface area contributed by atoms with Crippen molar-refractivity contribution in [3.63, 3.8) is 0 Å². The number of rotatable bonds is 6. The first kappa shape index (κ1) is 24.9. The predicted octanol–water partition coefficient (Wildman–Crippen LogP) is 10.6. The maximum absolute atomic E-state index is 4.26. The summed E-state index contributed by atoms with van der Waals surface area (Å²) < 4.78 is 0. The van der Waals surface area contributed by atoms with Crippen molar-refractivity contribution < 1.29 is 0 Å². The van der Waals surface area contributed by atoms with Crippen LogP contribution in [0.15, 0.2) is 164 Å². The summed E-state index contributed by atoms with van der Waals surface area (Å²) in [7, 11) is 0. The summed E-state index contributed by atoms with van der Waals surface area (Å²) in [5.41, 5.74) is 12.9. The van der Waals surface area contributed by atoms with Gasteiger partial charge in [-0.3, -0.25) is 0 Å². The zero-order valence-electron chi connectivity index (χ0n) is 23.2. The van der Waals surface area contributed by atoms with Crippen LogP contribution in [0.25, 0.3) is 16.7 Å². The Hall–Kier alpha value is -5.14. The minimum Gasteiger partial charge on any atom is -0.311 e. The molecule has 0 radical (unpaired) electrons. The fraction of sp³-hybridized carbons (Fsp3) is 0.0500. The Balaban J connectivity index is 1.47. The van der Waals surface area contributed by atoms with E-state index in [1.165, 1.54) is 38.9 Å². The summed E-state index contributed by atoms with van der Waals surface area (Å²) in [4.78, 5) is 2.31. The standard InChI is InChI=1S/C40H31N/c1-29(2)30-14-13-15-32(28-30)40(38-22-11-9-20-36(38)37-21-10-12-23-39(37)40)31-24-26-35(27-25-31)41(33-16-5-3-6-17-33)34-18-7-4-8-19-34/h3-28H,1H2,2H3. The van der Waals surface area contributed by atoms with E-state index >= 15 is 0 Å². The molecule has 0 bridgehead atoms. The van der Waals surface area contributed by atoms with Crippen molar-refractivity contribution in [2.75, 3.05) is 4.90 Å². The van der Waals surface area contributed by atoms with Crippen LogP contribution in [0.4, 0.5) is 17.1 Å². The van der Waals surface area contributed by atoms with Crippen LogP contribution in [0.1, 0.15) is 34.7 Å². The predicted molar refractivity (Wildman–Crippen MR) is 173 cm³/mol. The van der Waals surface area contributed by atoms with E-state index in [4.69, 9.17) is 0 Å². The second-order valence-electron chi connectivity index (χ2n) is 10.8. The maximum Gasteiger partial charge on any atom is 0.0713 e. The highest BCUT2D eigenvalue weighted by Crippen LogP contribution is 2.56. The average Bonchev–Trinajstić information content (AvgIpc) is 3.34. The molecule has 0 heterocycles. The lowest BCUT2D eigenvalue weighted by Gasteiger charge is -2.35. The summed E-state index contributed by atoms with van der Waals surface area (Å²) in [6.45, 7) is 6.34. The van der Waals surface area contributed by atoms with E-state index in [2.05, 4.69) is 176 Å². The van der Waals surface area contributed by atoms with Crippen molar-refractivity contribution >= 4 is 22.6 Å². The van der Waals surface area contributed by atoms with E-state index in [9.17, 15) is 0 Å². The molecule has 41 heavy (non-hydrogen) atoms. The molecule has 196 valence electrons. The molecule has 1 aliphatic rings. The van der Waals surface area contributed by atoms with Crippen LogP contribution in [0.5, 0.6) is 0 Å². The molecule has 6 aromatic rings. The monoisotopic (exact) mass is 525 g/mol. The molecule has 0 aromatic heterocycles. The van der Waals surface area contributed by atoms with Crippen molar-refractivity contribution in [2.24, 2.45) is 0 Å². The summed E-state index contributed by atoms with van der Waals surface area (Å²) >= 11 is 0. The molecule has 0 fully saturated rings. The van der Waals surface area contributed by atoms with Gasteiger partial charge in [-0.2, -0.15) is 0 Å². The van der Waals surface area contributed by atoms with Crippen LogP contribution in [0, 0.1) is 0 Å². The van der Waals surface area contributed by atoms with Gasteiger partial charge in [0, 0.05) is 17.1 Å². The Morgan fingerprint density at radius 1 is 0.488 bits per heavy atom. The Kier molecular flexibility index (Phi) is 6.14. The van der Waals surface area contributed by atoms with Crippen LogP contribution >= 0.6 is 0 Å². The zero-order chi connectivity index (χ0) is 27.8.